The fourth-order valence-electron chi connectivity index (χ4n) is 1.92. The first kappa shape index (κ1) is 11.0. The number of piperidine rings is 1. The van der Waals surface area contributed by atoms with Crippen molar-refractivity contribution in [1.82, 2.24) is 14.9 Å². The van der Waals surface area contributed by atoms with Crippen LogP contribution in [0.15, 0.2) is 12.3 Å². The molecular weight excluding hydrogens is 204 g/mol. The Balaban J connectivity index is 2.06. The van der Waals surface area contributed by atoms with Crippen LogP contribution in [0.1, 0.15) is 24.4 Å². The van der Waals surface area contributed by atoms with Gasteiger partial charge in [0.05, 0.1) is 18.3 Å². The number of carbonyl (C=O) groups excluding carboxylic acids is 1. The molecule has 5 nitrogen and oxygen atoms in total. The molecule has 1 fully saturated rings. The van der Waals surface area contributed by atoms with Crippen LogP contribution in [0.5, 0.6) is 0 Å². The van der Waals surface area contributed by atoms with Crippen molar-refractivity contribution in [3.63, 3.8) is 0 Å². The normalized spacial score (nSPS) is 21.2. The van der Waals surface area contributed by atoms with Gasteiger partial charge in [0, 0.05) is 12.7 Å². The molecule has 2 heterocycles. The maximum atomic E-state index is 11.8. The Hall–Kier alpha value is -1.49. The number of carbonyl (C=O) groups is 1. The van der Waals surface area contributed by atoms with E-state index in [1.54, 1.807) is 11.1 Å². The van der Waals surface area contributed by atoms with E-state index in [2.05, 4.69) is 9.97 Å². The first-order valence-corrected chi connectivity index (χ1v) is 5.50. The van der Waals surface area contributed by atoms with Crippen molar-refractivity contribution in [3.8, 4) is 0 Å². The second-order valence-corrected chi connectivity index (χ2v) is 4.10. The molecule has 16 heavy (non-hydrogen) atoms. The highest BCUT2D eigenvalue weighted by Gasteiger charge is 2.25. The van der Waals surface area contributed by atoms with Crippen LogP contribution in [0.4, 0.5) is 0 Å². The molecule has 86 valence electrons. The zero-order valence-corrected chi connectivity index (χ0v) is 9.39. The van der Waals surface area contributed by atoms with Crippen LogP contribution in [-0.2, 0) is 11.3 Å². The van der Waals surface area contributed by atoms with Crippen LogP contribution >= 0.6 is 0 Å². The molecule has 1 aliphatic heterocycles. The van der Waals surface area contributed by atoms with Gasteiger partial charge in [-0.2, -0.15) is 0 Å². The molecule has 1 aromatic rings. The Labute approximate surface area is 94.7 Å². The number of rotatable bonds is 2. The summed E-state index contributed by atoms with van der Waals surface area (Å²) < 4.78 is 0. The fraction of sp³-hybridized carbons (Fsp3) is 0.545. The molecule has 2 rings (SSSR count). The number of likely N-dealkylation sites (tertiary alicyclic amines) is 1. The fourth-order valence-corrected chi connectivity index (χ4v) is 1.92. The lowest BCUT2D eigenvalue weighted by atomic mass is 10.1. The summed E-state index contributed by atoms with van der Waals surface area (Å²) in [5, 5.41) is 0. The van der Waals surface area contributed by atoms with Crippen LogP contribution in [-0.4, -0.2) is 33.4 Å². The Kier molecular flexibility index (Phi) is 3.14. The van der Waals surface area contributed by atoms with E-state index in [4.69, 9.17) is 5.73 Å². The van der Waals surface area contributed by atoms with Crippen molar-refractivity contribution in [3.05, 3.63) is 23.8 Å². The summed E-state index contributed by atoms with van der Waals surface area (Å²) in [6.45, 7) is 3.15. The van der Waals surface area contributed by atoms with Gasteiger partial charge >= 0.3 is 0 Å². The zero-order valence-electron chi connectivity index (χ0n) is 9.39. The van der Waals surface area contributed by atoms with Gasteiger partial charge in [0.15, 0.2) is 0 Å². The number of aryl methyl sites for hydroxylation is 1. The number of hydrogen-bond acceptors (Lipinski definition) is 4. The Morgan fingerprint density at radius 3 is 3.19 bits per heavy atom. The van der Waals surface area contributed by atoms with Crippen molar-refractivity contribution in [1.29, 1.82) is 0 Å². The lowest BCUT2D eigenvalue weighted by molar-refractivity contribution is -0.135. The third-order valence-corrected chi connectivity index (χ3v) is 2.76. The average molecular weight is 220 g/mol. The summed E-state index contributed by atoms with van der Waals surface area (Å²) in [6.07, 6.45) is 3.47. The molecular formula is C11H16N4O. The number of aromatic nitrogens is 2. The SMILES string of the molecule is Cc1nccc(CN2CCC[C@H](N)C2=O)n1. The topological polar surface area (TPSA) is 72.1 Å². The molecule has 0 spiro atoms. The molecule has 0 aliphatic carbocycles. The molecule has 1 aromatic heterocycles. The minimum Gasteiger partial charge on any atom is -0.335 e. The Morgan fingerprint density at radius 1 is 1.62 bits per heavy atom. The standard InChI is InChI=1S/C11H16N4O/c1-8-13-5-4-9(14-8)7-15-6-2-3-10(12)11(15)16/h4-5,10H,2-3,6-7,12H2,1H3/t10-/m0/s1. The van der Waals surface area contributed by atoms with Crippen molar-refractivity contribution in [2.24, 2.45) is 5.73 Å². The molecule has 1 amide bonds. The number of amides is 1. The van der Waals surface area contributed by atoms with Gasteiger partial charge in [-0.3, -0.25) is 4.79 Å². The second-order valence-electron chi connectivity index (χ2n) is 4.10. The molecule has 5 heteroatoms. The van der Waals surface area contributed by atoms with Crippen LogP contribution in [0, 0.1) is 6.92 Å². The van der Waals surface area contributed by atoms with E-state index < -0.39 is 0 Å². The monoisotopic (exact) mass is 220 g/mol. The predicted molar refractivity (Wildman–Crippen MR) is 59.4 cm³/mol. The smallest absolute Gasteiger partial charge is 0.239 e. The number of nitrogens with two attached hydrogens (primary N) is 1. The van der Waals surface area contributed by atoms with E-state index in [1.165, 1.54) is 0 Å². The first-order valence-electron chi connectivity index (χ1n) is 5.50. The minimum absolute atomic E-state index is 0.0301. The van der Waals surface area contributed by atoms with Crippen molar-refractivity contribution in [2.45, 2.75) is 32.4 Å². The molecule has 1 aliphatic rings. The lowest BCUT2D eigenvalue weighted by Gasteiger charge is -2.30. The number of nitrogens with zero attached hydrogens (tertiary/aromatic N) is 3. The van der Waals surface area contributed by atoms with E-state index in [9.17, 15) is 4.79 Å². The van der Waals surface area contributed by atoms with Gasteiger partial charge in [0.1, 0.15) is 5.82 Å². The van der Waals surface area contributed by atoms with Crippen molar-refractivity contribution >= 4 is 5.91 Å². The first-order chi connectivity index (χ1) is 7.66. The predicted octanol–water partition coefficient (Wildman–Crippen LogP) is 0.235. The summed E-state index contributed by atoms with van der Waals surface area (Å²) in [6, 6.07) is 1.50. The summed E-state index contributed by atoms with van der Waals surface area (Å²) in [4.78, 5) is 21.9. The second kappa shape index (κ2) is 4.57. The lowest BCUT2D eigenvalue weighted by Crippen LogP contribution is -2.47. The van der Waals surface area contributed by atoms with Crippen LogP contribution < -0.4 is 5.73 Å². The average Bonchev–Trinajstić information content (AvgIpc) is 2.25. The van der Waals surface area contributed by atoms with E-state index >= 15 is 0 Å². The van der Waals surface area contributed by atoms with E-state index in [1.807, 2.05) is 13.0 Å². The van der Waals surface area contributed by atoms with E-state index in [0.717, 1.165) is 30.9 Å². The molecule has 2 N–H and O–H groups in total. The molecule has 0 saturated carbocycles. The van der Waals surface area contributed by atoms with E-state index in [-0.39, 0.29) is 11.9 Å². The van der Waals surface area contributed by atoms with Crippen molar-refractivity contribution in [2.75, 3.05) is 6.54 Å². The van der Waals surface area contributed by atoms with Crippen molar-refractivity contribution < 1.29 is 4.79 Å². The van der Waals surface area contributed by atoms with Gasteiger partial charge in [-0.25, -0.2) is 9.97 Å². The molecule has 0 unspecified atom stereocenters. The molecule has 1 saturated heterocycles. The Morgan fingerprint density at radius 2 is 2.44 bits per heavy atom. The van der Waals surface area contributed by atoms with Crippen LogP contribution in [0.2, 0.25) is 0 Å². The summed E-state index contributed by atoms with van der Waals surface area (Å²) in [7, 11) is 0. The van der Waals surface area contributed by atoms with Gasteiger partial charge in [-0.05, 0) is 25.8 Å². The molecule has 0 radical (unpaired) electrons. The highest BCUT2D eigenvalue weighted by atomic mass is 16.2. The molecule has 1 atom stereocenters. The maximum absolute atomic E-state index is 11.8. The third-order valence-electron chi connectivity index (χ3n) is 2.76. The molecule has 0 bridgehead atoms. The van der Waals surface area contributed by atoms with Gasteiger partial charge < -0.3 is 10.6 Å². The largest absolute Gasteiger partial charge is 0.335 e. The highest BCUT2D eigenvalue weighted by Crippen LogP contribution is 2.12. The van der Waals surface area contributed by atoms with Gasteiger partial charge in [-0.15, -0.1) is 0 Å². The summed E-state index contributed by atoms with van der Waals surface area (Å²) in [5.41, 5.74) is 6.60. The van der Waals surface area contributed by atoms with Gasteiger partial charge in [0.25, 0.3) is 0 Å². The van der Waals surface area contributed by atoms with E-state index in [0.29, 0.717) is 6.54 Å². The number of hydrogen-bond donors (Lipinski definition) is 1. The minimum atomic E-state index is -0.336. The summed E-state index contributed by atoms with van der Waals surface area (Å²) >= 11 is 0. The van der Waals surface area contributed by atoms with Gasteiger partial charge in [-0.1, -0.05) is 0 Å². The third kappa shape index (κ3) is 2.36. The van der Waals surface area contributed by atoms with Crippen LogP contribution in [0.3, 0.4) is 0 Å². The molecule has 0 aromatic carbocycles. The summed E-state index contributed by atoms with van der Waals surface area (Å²) in [5.74, 6) is 0.758. The zero-order chi connectivity index (χ0) is 11.5. The van der Waals surface area contributed by atoms with Gasteiger partial charge in [0.2, 0.25) is 5.91 Å². The Bertz CT molecular complexity index is 393. The van der Waals surface area contributed by atoms with Crippen LogP contribution in [0.25, 0.3) is 0 Å². The highest BCUT2D eigenvalue weighted by molar-refractivity contribution is 5.82. The maximum Gasteiger partial charge on any atom is 0.239 e. The quantitative estimate of drug-likeness (QED) is 0.774.